The number of halogens is 1. The molecule has 0 bridgehead atoms. The molecule has 28 heavy (non-hydrogen) atoms. The maximum absolute atomic E-state index is 12.6. The fourth-order valence-corrected chi connectivity index (χ4v) is 3.82. The highest BCUT2D eigenvalue weighted by Crippen LogP contribution is 2.30. The van der Waals surface area contributed by atoms with Gasteiger partial charge in [0.15, 0.2) is 15.6 Å². The summed E-state index contributed by atoms with van der Waals surface area (Å²) >= 11 is 5.94. The molecule has 1 N–H and O–H groups in total. The van der Waals surface area contributed by atoms with Crippen molar-refractivity contribution in [2.75, 3.05) is 11.6 Å². The number of anilines is 1. The highest BCUT2D eigenvalue weighted by atomic mass is 35.5. The molecule has 0 saturated heterocycles. The predicted octanol–water partition coefficient (Wildman–Crippen LogP) is 5.10. The number of hydrogen-bond acceptors (Lipinski definition) is 4. The third-order valence-corrected chi connectivity index (χ3v) is 5.56. The molecule has 7 heteroatoms. The van der Waals surface area contributed by atoms with E-state index in [1.165, 1.54) is 18.2 Å². The highest BCUT2D eigenvalue weighted by molar-refractivity contribution is 7.90. The molecule has 3 aromatic carbocycles. The molecule has 0 heterocycles. The van der Waals surface area contributed by atoms with Gasteiger partial charge in [0.25, 0.3) is 5.91 Å². The first kappa shape index (κ1) is 19.9. The van der Waals surface area contributed by atoms with Gasteiger partial charge >= 0.3 is 0 Å². The minimum absolute atomic E-state index is 0.0714. The fourth-order valence-electron chi connectivity index (χ4n) is 2.52. The maximum atomic E-state index is 12.6. The number of carbonyl (C=O) groups is 1. The molecule has 5 nitrogen and oxygen atoms in total. The summed E-state index contributed by atoms with van der Waals surface area (Å²) in [5.41, 5.74) is 1.75. The second-order valence-electron chi connectivity index (χ2n) is 6.28. The molecular formula is C21H18ClNO4S. The maximum Gasteiger partial charge on any atom is 0.255 e. The van der Waals surface area contributed by atoms with Crippen molar-refractivity contribution in [3.8, 4) is 11.5 Å². The topological polar surface area (TPSA) is 72.5 Å². The molecule has 0 fully saturated rings. The smallest absolute Gasteiger partial charge is 0.255 e. The Morgan fingerprint density at radius 2 is 1.68 bits per heavy atom. The van der Waals surface area contributed by atoms with Crippen LogP contribution in [0.25, 0.3) is 0 Å². The monoisotopic (exact) mass is 415 g/mol. The lowest BCUT2D eigenvalue weighted by molar-refractivity contribution is 0.102. The van der Waals surface area contributed by atoms with E-state index in [0.29, 0.717) is 17.2 Å². The van der Waals surface area contributed by atoms with E-state index in [2.05, 4.69) is 5.32 Å². The normalized spacial score (nSPS) is 11.1. The average molecular weight is 416 g/mol. The first-order valence-corrected chi connectivity index (χ1v) is 10.7. The standard InChI is InChI=1S/C21H18ClNO4S/c1-14-7-10-16(11-8-14)27-19-6-4-3-5-18(19)23-21(24)15-9-12-17(22)20(13-15)28(2,25)26/h3-13H,1-2H3,(H,23,24). The van der Waals surface area contributed by atoms with Crippen LogP contribution >= 0.6 is 11.6 Å². The van der Waals surface area contributed by atoms with Crippen molar-refractivity contribution in [1.29, 1.82) is 0 Å². The number of amides is 1. The lowest BCUT2D eigenvalue weighted by atomic mass is 10.2. The van der Waals surface area contributed by atoms with Crippen molar-refractivity contribution in [2.45, 2.75) is 11.8 Å². The lowest BCUT2D eigenvalue weighted by Crippen LogP contribution is -2.13. The Kier molecular flexibility index (Phi) is 5.72. The van der Waals surface area contributed by atoms with Crippen LogP contribution in [0.2, 0.25) is 5.02 Å². The summed E-state index contributed by atoms with van der Waals surface area (Å²) in [6.07, 6.45) is 1.04. The molecule has 0 atom stereocenters. The summed E-state index contributed by atoms with van der Waals surface area (Å²) in [6.45, 7) is 1.98. The van der Waals surface area contributed by atoms with E-state index in [4.69, 9.17) is 16.3 Å². The molecule has 144 valence electrons. The van der Waals surface area contributed by atoms with E-state index >= 15 is 0 Å². The van der Waals surface area contributed by atoms with Gasteiger partial charge in [0.05, 0.1) is 15.6 Å². The van der Waals surface area contributed by atoms with Crippen LogP contribution in [0.4, 0.5) is 5.69 Å². The summed E-state index contributed by atoms with van der Waals surface area (Å²) < 4.78 is 29.5. The van der Waals surface area contributed by atoms with Crippen molar-refractivity contribution in [1.82, 2.24) is 0 Å². The van der Waals surface area contributed by atoms with E-state index < -0.39 is 15.7 Å². The zero-order valence-corrected chi connectivity index (χ0v) is 16.8. The zero-order chi connectivity index (χ0) is 20.3. The summed E-state index contributed by atoms with van der Waals surface area (Å²) in [5.74, 6) is 0.636. The second kappa shape index (κ2) is 8.04. The number of ether oxygens (including phenoxy) is 1. The summed E-state index contributed by atoms with van der Waals surface area (Å²) in [4.78, 5) is 12.6. The average Bonchev–Trinajstić information content (AvgIpc) is 2.64. The van der Waals surface area contributed by atoms with Crippen LogP contribution < -0.4 is 10.1 Å². The molecule has 1 amide bonds. The minimum Gasteiger partial charge on any atom is -0.455 e. The van der Waals surface area contributed by atoms with Gasteiger partial charge < -0.3 is 10.1 Å². The summed E-state index contributed by atoms with van der Waals surface area (Å²) in [6, 6.07) is 18.7. The van der Waals surface area contributed by atoms with Crippen LogP contribution in [-0.4, -0.2) is 20.6 Å². The zero-order valence-electron chi connectivity index (χ0n) is 15.3. The molecule has 0 radical (unpaired) electrons. The van der Waals surface area contributed by atoms with Crippen LogP contribution in [0.15, 0.2) is 71.6 Å². The highest BCUT2D eigenvalue weighted by Gasteiger charge is 2.17. The molecule has 3 rings (SSSR count). The summed E-state index contributed by atoms with van der Waals surface area (Å²) in [7, 11) is -3.55. The first-order valence-electron chi connectivity index (χ1n) is 8.38. The number of hydrogen-bond donors (Lipinski definition) is 1. The van der Waals surface area contributed by atoms with Crippen LogP contribution in [0.1, 0.15) is 15.9 Å². The Hall–Kier alpha value is -2.83. The van der Waals surface area contributed by atoms with Gasteiger partial charge in [-0.3, -0.25) is 4.79 Å². The van der Waals surface area contributed by atoms with Crippen LogP contribution in [0.3, 0.4) is 0 Å². The number of rotatable bonds is 5. The van der Waals surface area contributed by atoms with Crippen molar-refractivity contribution < 1.29 is 17.9 Å². The van der Waals surface area contributed by atoms with Gasteiger partial charge in [-0.2, -0.15) is 0 Å². The Bertz CT molecular complexity index is 1130. The van der Waals surface area contributed by atoms with E-state index in [1.807, 2.05) is 31.2 Å². The number of nitrogens with one attached hydrogen (secondary N) is 1. The molecule has 0 saturated carbocycles. The molecule has 0 aromatic heterocycles. The van der Waals surface area contributed by atoms with E-state index in [-0.39, 0.29) is 15.5 Å². The van der Waals surface area contributed by atoms with Gasteiger partial charge in [0.2, 0.25) is 0 Å². The third kappa shape index (κ3) is 4.71. The van der Waals surface area contributed by atoms with Crippen molar-refractivity contribution in [3.05, 3.63) is 82.9 Å². The van der Waals surface area contributed by atoms with E-state index in [9.17, 15) is 13.2 Å². The number of aryl methyl sites for hydroxylation is 1. The van der Waals surface area contributed by atoms with Crippen molar-refractivity contribution >= 4 is 33.0 Å². The van der Waals surface area contributed by atoms with E-state index in [1.54, 1.807) is 24.3 Å². The van der Waals surface area contributed by atoms with Gasteiger partial charge in [-0.05, 0) is 49.4 Å². The molecule has 0 aliphatic heterocycles. The van der Waals surface area contributed by atoms with Gasteiger partial charge in [0, 0.05) is 11.8 Å². The molecule has 0 unspecified atom stereocenters. The Labute approximate surface area is 168 Å². The Balaban J connectivity index is 1.86. The van der Waals surface area contributed by atoms with E-state index in [0.717, 1.165) is 11.8 Å². The number of para-hydroxylation sites is 2. The number of carbonyl (C=O) groups excluding carboxylic acids is 1. The van der Waals surface area contributed by atoms with Crippen LogP contribution in [0.5, 0.6) is 11.5 Å². The van der Waals surface area contributed by atoms with Crippen LogP contribution in [-0.2, 0) is 9.84 Å². The number of benzene rings is 3. The number of sulfone groups is 1. The van der Waals surface area contributed by atoms with Gasteiger partial charge in [-0.25, -0.2) is 8.42 Å². The molecule has 0 aliphatic rings. The molecule has 0 spiro atoms. The SMILES string of the molecule is Cc1ccc(Oc2ccccc2NC(=O)c2ccc(Cl)c(S(C)(=O)=O)c2)cc1. The lowest BCUT2D eigenvalue weighted by Gasteiger charge is -2.13. The van der Waals surface area contributed by atoms with Gasteiger partial charge in [-0.1, -0.05) is 41.4 Å². The van der Waals surface area contributed by atoms with Crippen molar-refractivity contribution in [3.63, 3.8) is 0 Å². The van der Waals surface area contributed by atoms with Gasteiger partial charge in [-0.15, -0.1) is 0 Å². The third-order valence-electron chi connectivity index (χ3n) is 3.98. The van der Waals surface area contributed by atoms with Gasteiger partial charge in [0.1, 0.15) is 5.75 Å². The molecular weight excluding hydrogens is 398 g/mol. The Morgan fingerprint density at radius 1 is 1.00 bits per heavy atom. The van der Waals surface area contributed by atoms with Crippen LogP contribution in [0, 0.1) is 6.92 Å². The predicted molar refractivity (Wildman–Crippen MR) is 110 cm³/mol. The second-order valence-corrected chi connectivity index (χ2v) is 8.67. The quantitative estimate of drug-likeness (QED) is 0.629. The minimum atomic E-state index is -3.55. The largest absolute Gasteiger partial charge is 0.455 e. The summed E-state index contributed by atoms with van der Waals surface area (Å²) in [5, 5.41) is 2.83. The van der Waals surface area contributed by atoms with Crippen molar-refractivity contribution in [2.24, 2.45) is 0 Å². The molecule has 0 aliphatic carbocycles. The first-order chi connectivity index (χ1) is 13.2. The molecule has 3 aromatic rings. The Morgan fingerprint density at radius 3 is 2.36 bits per heavy atom. The fraction of sp³-hybridized carbons (Fsp3) is 0.0952.